The molecule has 7 heteroatoms. The lowest BCUT2D eigenvalue weighted by Gasteiger charge is -2.61. The molecule has 1 aliphatic heterocycles. The Labute approximate surface area is 232 Å². The first-order chi connectivity index (χ1) is 17.3. The monoisotopic (exact) mass is 546 g/mol. The van der Waals surface area contributed by atoms with Gasteiger partial charge < -0.3 is 14.5 Å². The SMILES string of the molecule is CC(C)(C)NC(=O)[C@H]1CC[C@H]2[C@@H]3CC[C@H]4N(C(=O)OC(C)(C)C)C(O[Si](C)(C)C)=CC[C@]4(C)[C@H]3CC[C@]12C. The van der Waals surface area contributed by atoms with E-state index < -0.39 is 13.9 Å². The van der Waals surface area contributed by atoms with Gasteiger partial charge in [-0.1, -0.05) is 13.8 Å². The van der Waals surface area contributed by atoms with Crippen LogP contribution in [0.3, 0.4) is 0 Å². The number of carbonyl (C=O) groups excluding carboxylic acids is 2. The normalized spacial score (nSPS) is 37.4. The second-order valence-corrected chi connectivity index (χ2v) is 20.6. The van der Waals surface area contributed by atoms with Crippen LogP contribution in [0.15, 0.2) is 12.0 Å². The van der Waals surface area contributed by atoms with Crippen molar-refractivity contribution in [3.63, 3.8) is 0 Å². The Balaban J connectivity index is 1.62. The lowest BCUT2D eigenvalue weighted by atomic mass is 9.47. The van der Waals surface area contributed by atoms with Crippen LogP contribution in [0, 0.1) is 34.5 Å². The molecule has 2 amide bonds. The number of ether oxygens (including phenoxy) is 1. The summed E-state index contributed by atoms with van der Waals surface area (Å²) < 4.78 is 12.5. The summed E-state index contributed by atoms with van der Waals surface area (Å²) in [6, 6.07) is 0.0701. The first kappa shape index (κ1) is 29.5. The predicted octanol–water partition coefficient (Wildman–Crippen LogP) is 7.46. The van der Waals surface area contributed by atoms with Crippen molar-refractivity contribution in [2.45, 2.75) is 137 Å². The van der Waals surface area contributed by atoms with Crippen LogP contribution in [-0.4, -0.2) is 42.4 Å². The molecule has 0 saturated heterocycles. The first-order valence-corrected chi connectivity index (χ1v) is 18.4. The van der Waals surface area contributed by atoms with E-state index in [1.165, 1.54) is 0 Å². The van der Waals surface area contributed by atoms with Gasteiger partial charge in [0.15, 0.2) is 5.88 Å². The third-order valence-corrected chi connectivity index (χ3v) is 10.7. The minimum atomic E-state index is -1.93. The number of carbonyl (C=O) groups is 2. The molecule has 0 spiro atoms. The molecule has 0 unspecified atom stereocenters. The van der Waals surface area contributed by atoms with Crippen molar-refractivity contribution in [3.05, 3.63) is 12.0 Å². The molecule has 4 rings (SSSR count). The van der Waals surface area contributed by atoms with E-state index in [4.69, 9.17) is 9.16 Å². The molecule has 3 saturated carbocycles. The van der Waals surface area contributed by atoms with Crippen LogP contribution in [0.4, 0.5) is 4.79 Å². The molecule has 38 heavy (non-hydrogen) atoms. The van der Waals surface area contributed by atoms with Gasteiger partial charge in [0.05, 0.1) is 0 Å². The molecular formula is C31H54N2O4Si. The maximum absolute atomic E-state index is 13.7. The van der Waals surface area contributed by atoms with Crippen molar-refractivity contribution in [2.75, 3.05) is 0 Å². The maximum atomic E-state index is 13.7. The molecule has 1 heterocycles. The summed E-state index contributed by atoms with van der Waals surface area (Å²) in [6.07, 6.45) is 9.20. The number of hydrogen-bond donors (Lipinski definition) is 1. The topological polar surface area (TPSA) is 67.9 Å². The zero-order chi connectivity index (χ0) is 28.5. The average Bonchev–Trinajstić information content (AvgIpc) is 3.07. The van der Waals surface area contributed by atoms with E-state index in [1.54, 1.807) is 0 Å². The highest BCUT2D eigenvalue weighted by Gasteiger charge is 2.63. The second-order valence-electron chi connectivity index (χ2n) is 16.2. The van der Waals surface area contributed by atoms with Crippen LogP contribution in [0.2, 0.25) is 19.6 Å². The van der Waals surface area contributed by atoms with Gasteiger partial charge in [-0.15, -0.1) is 0 Å². The number of hydrogen-bond acceptors (Lipinski definition) is 4. The van der Waals surface area contributed by atoms with E-state index in [0.717, 1.165) is 44.9 Å². The maximum Gasteiger partial charge on any atom is 0.417 e. The minimum Gasteiger partial charge on any atom is -0.533 e. The van der Waals surface area contributed by atoms with Crippen LogP contribution in [0.5, 0.6) is 0 Å². The molecule has 4 aliphatic rings. The standard InChI is InChI=1S/C31H54N2O4Si/c1-28(2,3)32-26(34)23-14-13-21-20-12-15-24-31(8,22(20)16-18-30(21,23)7)19-17-25(37-38(9,10)11)33(24)27(35)36-29(4,5)6/h17,20-24H,12-16,18-19H2,1-11H3,(H,32,34)/t20-,21-,22-,23+,24+,30-,31+/m0/s1. The number of nitrogens with zero attached hydrogens (tertiary/aromatic N) is 1. The quantitative estimate of drug-likeness (QED) is 0.373. The molecule has 0 aromatic heterocycles. The molecule has 0 bridgehead atoms. The fraction of sp³-hybridized carbons (Fsp3) is 0.871. The van der Waals surface area contributed by atoms with Gasteiger partial charge in [0.2, 0.25) is 14.2 Å². The summed E-state index contributed by atoms with van der Waals surface area (Å²) in [5, 5.41) is 3.29. The lowest BCUT2D eigenvalue weighted by molar-refractivity contribution is -0.138. The smallest absolute Gasteiger partial charge is 0.417 e. The number of rotatable bonds is 3. The van der Waals surface area contributed by atoms with E-state index in [0.29, 0.717) is 23.6 Å². The van der Waals surface area contributed by atoms with E-state index in [-0.39, 0.29) is 40.3 Å². The molecule has 1 N–H and O–H groups in total. The summed E-state index contributed by atoms with van der Waals surface area (Å²) in [5.41, 5.74) is -0.741. The largest absolute Gasteiger partial charge is 0.533 e. The van der Waals surface area contributed by atoms with Gasteiger partial charge in [0.25, 0.3) is 0 Å². The summed E-state index contributed by atoms with van der Waals surface area (Å²) in [5.74, 6) is 2.73. The predicted molar refractivity (Wildman–Crippen MR) is 155 cm³/mol. The van der Waals surface area contributed by atoms with Gasteiger partial charge in [-0.3, -0.25) is 4.79 Å². The number of amides is 2. The molecule has 0 radical (unpaired) electrons. The van der Waals surface area contributed by atoms with Crippen LogP contribution >= 0.6 is 0 Å². The van der Waals surface area contributed by atoms with Gasteiger partial charge in [0.1, 0.15) is 5.60 Å². The van der Waals surface area contributed by atoms with Gasteiger partial charge in [-0.05, 0) is 141 Å². The second kappa shape index (κ2) is 9.55. The summed E-state index contributed by atoms with van der Waals surface area (Å²) >= 11 is 0. The zero-order valence-electron chi connectivity index (χ0n) is 26.0. The molecule has 7 atom stereocenters. The van der Waals surface area contributed by atoms with Crippen molar-refractivity contribution in [1.29, 1.82) is 0 Å². The third kappa shape index (κ3) is 5.55. The Hall–Kier alpha value is -1.50. The van der Waals surface area contributed by atoms with Crippen LogP contribution in [0.25, 0.3) is 0 Å². The van der Waals surface area contributed by atoms with Crippen LogP contribution in [-0.2, 0) is 14.0 Å². The summed E-state index contributed by atoms with van der Waals surface area (Å²) in [4.78, 5) is 28.9. The highest BCUT2D eigenvalue weighted by atomic mass is 28.4. The Morgan fingerprint density at radius 2 is 1.58 bits per heavy atom. The van der Waals surface area contributed by atoms with Crippen molar-refractivity contribution >= 4 is 20.3 Å². The Morgan fingerprint density at radius 1 is 0.947 bits per heavy atom. The van der Waals surface area contributed by atoms with Gasteiger partial charge >= 0.3 is 6.09 Å². The lowest BCUT2D eigenvalue weighted by Crippen LogP contribution is -2.62. The van der Waals surface area contributed by atoms with Crippen LogP contribution < -0.4 is 5.32 Å². The summed E-state index contributed by atoms with van der Waals surface area (Å²) in [6.45, 7) is 23.3. The van der Waals surface area contributed by atoms with E-state index in [1.807, 2.05) is 25.7 Å². The number of fused-ring (bicyclic) bond motifs is 5. The molecule has 3 fully saturated rings. The van der Waals surface area contributed by atoms with Crippen molar-refractivity contribution in [3.8, 4) is 0 Å². The first-order valence-electron chi connectivity index (χ1n) is 15.0. The fourth-order valence-electron chi connectivity index (χ4n) is 8.53. The van der Waals surface area contributed by atoms with Gasteiger partial charge in [-0.25, -0.2) is 9.69 Å². The Bertz CT molecular complexity index is 974. The van der Waals surface area contributed by atoms with E-state index in [2.05, 4.69) is 65.7 Å². The Morgan fingerprint density at radius 3 is 2.16 bits per heavy atom. The summed E-state index contributed by atoms with van der Waals surface area (Å²) in [7, 11) is -1.93. The average molecular weight is 547 g/mol. The molecule has 216 valence electrons. The molecule has 0 aromatic rings. The van der Waals surface area contributed by atoms with Crippen LogP contribution in [0.1, 0.15) is 100 Å². The fourth-order valence-corrected chi connectivity index (χ4v) is 9.34. The van der Waals surface area contributed by atoms with Crippen molar-refractivity contribution < 1.29 is 18.8 Å². The highest BCUT2D eigenvalue weighted by Crippen LogP contribution is 2.66. The molecule has 3 aliphatic carbocycles. The van der Waals surface area contributed by atoms with E-state index in [9.17, 15) is 9.59 Å². The highest BCUT2D eigenvalue weighted by molar-refractivity contribution is 6.70. The number of allylic oxidation sites excluding steroid dienone is 1. The molecule has 6 nitrogen and oxygen atoms in total. The van der Waals surface area contributed by atoms with Gasteiger partial charge in [-0.2, -0.15) is 0 Å². The Kier molecular flexibility index (Phi) is 7.41. The van der Waals surface area contributed by atoms with Gasteiger partial charge in [0, 0.05) is 17.5 Å². The van der Waals surface area contributed by atoms with Crippen molar-refractivity contribution in [2.24, 2.45) is 34.5 Å². The molecule has 0 aromatic carbocycles. The third-order valence-electron chi connectivity index (χ3n) is 9.90. The van der Waals surface area contributed by atoms with Crippen molar-refractivity contribution in [1.82, 2.24) is 10.2 Å². The zero-order valence-corrected chi connectivity index (χ0v) is 27.0. The molecular weight excluding hydrogens is 492 g/mol. The minimum absolute atomic E-state index is 0.0286. The van der Waals surface area contributed by atoms with E-state index >= 15 is 0 Å². The number of nitrogens with one attached hydrogen (secondary N) is 1.